The van der Waals surface area contributed by atoms with Crippen molar-refractivity contribution in [1.82, 2.24) is 5.32 Å². The highest BCUT2D eigenvalue weighted by Crippen LogP contribution is 2.28. The highest BCUT2D eigenvalue weighted by molar-refractivity contribution is 5.79. The predicted octanol–water partition coefficient (Wildman–Crippen LogP) is 1.06. The lowest BCUT2D eigenvalue weighted by Crippen LogP contribution is -2.29. The van der Waals surface area contributed by atoms with Gasteiger partial charge < -0.3 is 24.7 Å². The molecule has 6 heteroatoms. The third kappa shape index (κ3) is 7.54. The zero-order valence-electron chi connectivity index (χ0n) is 13.7. The molecule has 0 saturated carbocycles. The van der Waals surface area contributed by atoms with E-state index in [1.54, 1.807) is 0 Å². The number of amides is 1. The van der Waals surface area contributed by atoms with E-state index in [1.165, 1.54) is 0 Å². The van der Waals surface area contributed by atoms with Gasteiger partial charge in [0.05, 0.1) is 13.2 Å². The third-order valence-corrected chi connectivity index (χ3v) is 3.06. The van der Waals surface area contributed by atoms with Crippen LogP contribution in [0, 0.1) is 0 Å². The van der Waals surface area contributed by atoms with Crippen molar-refractivity contribution in [2.24, 2.45) is 0 Å². The summed E-state index contributed by atoms with van der Waals surface area (Å²) in [6.07, 6.45) is 1.23. The standard InChI is InChI=1S/C17H25NO5/c1-3-11-23-14-6-5-13(12-15(14)22-4-2)9-10-18-16(19)7-8-17(20)21/h5-6,12H,3-4,7-11H2,1-2H3,(H,18,19)(H,20,21)/p-1. The van der Waals surface area contributed by atoms with E-state index < -0.39 is 5.97 Å². The Morgan fingerprint density at radius 2 is 1.91 bits per heavy atom. The van der Waals surface area contributed by atoms with Gasteiger partial charge in [0.1, 0.15) is 0 Å². The normalized spacial score (nSPS) is 10.2. The quantitative estimate of drug-likeness (QED) is 0.658. The van der Waals surface area contributed by atoms with Gasteiger partial charge in [-0.25, -0.2) is 0 Å². The maximum absolute atomic E-state index is 11.4. The van der Waals surface area contributed by atoms with Crippen molar-refractivity contribution in [1.29, 1.82) is 0 Å². The first-order chi connectivity index (χ1) is 11.1. The van der Waals surface area contributed by atoms with E-state index in [-0.39, 0.29) is 18.7 Å². The second kappa shape index (κ2) is 10.5. The molecule has 1 rings (SSSR count). The van der Waals surface area contributed by atoms with Crippen LogP contribution in [0.15, 0.2) is 18.2 Å². The van der Waals surface area contributed by atoms with E-state index in [2.05, 4.69) is 5.32 Å². The third-order valence-electron chi connectivity index (χ3n) is 3.06. The Labute approximate surface area is 136 Å². The van der Waals surface area contributed by atoms with Crippen molar-refractivity contribution >= 4 is 11.9 Å². The largest absolute Gasteiger partial charge is 0.550 e. The van der Waals surface area contributed by atoms with E-state index in [0.29, 0.717) is 31.9 Å². The fraction of sp³-hybridized carbons (Fsp3) is 0.529. The molecular weight excluding hydrogens is 298 g/mol. The van der Waals surface area contributed by atoms with Crippen molar-refractivity contribution in [2.45, 2.75) is 39.5 Å². The molecule has 0 bridgehead atoms. The summed E-state index contributed by atoms with van der Waals surface area (Å²) in [5, 5.41) is 13.0. The van der Waals surface area contributed by atoms with Crippen LogP contribution in [0.25, 0.3) is 0 Å². The average Bonchev–Trinajstić information content (AvgIpc) is 2.52. The Hall–Kier alpha value is -2.24. The minimum absolute atomic E-state index is 0.0592. The maximum atomic E-state index is 11.4. The van der Waals surface area contributed by atoms with Gasteiger partial charge >= 0.3 is 0 Å². The van der Waals surface area contributed by atoms with Gasteiger partial charge in [-0.1, -0.05) is 13.0 Å². The molecule has 1 N–H and O–H groups in total. The van der Waals surface area contributed by atoms with Crippen LogP contribution in [-0.4, -0.2) is 31.6 Å². The van der Waals surface area contributed by atoms with Crippen LogP contribution in [0.5, 0.6) is 11.5 Å². The number of carboxylic acid groups (broad SMARTS) is 1. The van der Waals surface area contributed by atoms with Crippen LogP contribution >= 0.6 is 0 Å². The number of nitrogens with one attached hydrogen (secondary N) is 1. The van der Waals surface area contributed by atoms with Crippen LogP contribution in [0.4, 0.5) is 0 Å². The SMILES string of the molecule is CCCOc1ccc(CCNC(=O)CCC(=O)[O-])cc1OCC. The van der Waals surface area contributed by atoms with Crippen LogP contribution in [0.3, 0.4) is 0 Å². The minimum Gasteiger partial charge on any atom is -0.550 e. The first-order valence-corrected chi connectivity index (χ1v) is 7.91. The molecule has 0 fully saturated rings. The number of rotatable bonds is 11. The van der Waals surface area contributed by atoms with E-state index in [0.717, 1.165) is 17.7 Å². The number of carbonyl (C=O) groups excluding carboxylic acids is 2. The molecule has 0 unspecified atom stereocenters. The molecule has 6 nitrogen and oxygen atoms in total. The summed E-state index contributed by atoms with van der Waals surface area (Å²) in [7, 11) is 0. The van der Waals surface area contributed by atoms with Gasteiger partial charge in [0.2, 0.25) is 5.91 Å². The van der Waals surface area contributed by atoms with Crippen molar-refractivity contribution in [3.8, 4) is 11.5 Å². The number of carbonyl (C=O) groups is 2. The summed E-state index contributed by atoms with van der Waals surface area (Å²) in [5.41, 5.74) is 1.01. The maximum Gasteiger partial charge on any atom is 0.220 e. The van der Waals surface area contributed by atoms with Gasteiger partial charge in [0.25, 0.3) is 0 Å². The zero-order chi connectivity index (χ0) is 17.1. The molecule has 0 aliphatic rings. The number of aliphatic carboxylic acids is 1. The topological polar surface area (TPSA) is 87.7 Å². The number of hydrogen-bond acceptors (Lipinski definition) is 5. The number of carboxylic acids is 1. The lowest BCUT2D eigenvalue weighted by Gasteiger charge is -2.13. The van der Waals surface area contributed by atoms with Gasteiger partial charge in [-0.3, -0.25) is 4.79 Å². The van der Waals surface area contributed by atoms with Gasteiger partial charge in [0.15, 0.2) is 11.5 Å². The predicted molar refractivity (Wildman–Crippen MR) is 84.4 cm³/mol. The van der Waals surface area contributed by atoms with Crippen LogP contribution < -0.4 is 19.9 Å². The second-order valence-corrected chi connectivity index (χ2v) is 5.03. The summed E-state index contributed by atoms with van der Waals surface area (Å²) >= 11 is 0. The highest BCUT2D eigenvalue weighted by Gasteiger charge is 2.07. The Balaban J connectivity index is 2.51. The van der Waals surface area contributed by atoms with Gasteiger partial charge in [-0.15, -0.1) is 0 Å². The average molecular weight is 322 g/mol. The molecule has 0 aliphatic heterocycles. The van der Waals surface area contributed by atoms with E-state index in [1.807, 2.05) is 32.0 Å². The first kappa shape index (κ1) is 18.8. The molecule has 0 saturated heterocycles. The lowest BCUT2D eigenvalue weighted by atomic mass is 10.1. The first-order valence-electron chi connectivity index (χ1n) is 7.91. The van der Waals surface area contributed by atoms with Crippen molar-refractivity contribution in [3.63, 3.8) is 0 Å². The van der Waals surface area contributed by atoms with Gasteiger partial charge in [-0.2, -0.15) is 0 Å². The molecule has 1 amide bonds. The van der Waals surface area contributed by atoms with Gasteiger partial charge in [0, 0.05) is 18.9 Å². The summed E-state index contributed by atoms with van der Waals surface area (Å²) in [4.78, 5) is 21.7. The minimum atomic E-state index is -1.22. The monoisotopic (exact) mass is 322 g/mol. The van der Waals surface area contributed by atoms with Crippen molar-refractivity contribution in [2.75, 3.05) is 19.8 Å². The van der Waals surface area contributed by atoms with E-state index >= 15 is 0 Å². The Kier molecular flexibility index (Phi) is 8.57. The number of benzene rings is 1. The Bertz CT molecular complexity index is 516. The summed E-state index contributed by atoms with van der Waals surface area (Å²) in [5.74, 6) is -0.0940. The summed E-state index contributed by atoms with van der Waals surface area (Å²) < 4.78 is 11.2. The van der Waals surface area contributed by atoms with Crippen LogP contribution in [-0.2, 0) is 16.0 Å². The molecule has 0 radical (unpaired) electrons. The van der Waals surface area contributed by atoms with E-state index in [9.17, 15) is 14.7 Å². The summed E-state index contributed by atoms with van der Waals surface area (Å²) in [6, 6.07) is 5.70. The molecule has 128 valence electrons. The van der Waals surface area contributed by atoms with E-state index in [4.69, 9.17) is 9.47 Å². The molecular formula is C17H24NO5-. The van der Waals surface area contributed by atoms with Gasteiger partial charge in [-0.05, 0) is 43.9 Å². The van der Waals surface area contributed by atoms with Crippen LogP contribution in [0.1, 0.15) is 38.7 Å². The molecule has 0 heterocycles. The fourth-order valence-electron chi connectivity index (χ4n) is 1.96. The second-order valence-electron chi connectivity index (χ2n) is 5.03. The molecule has 1 aromatic rings. The number of hydrogen-bond donors (Lipinski definition) is 1. The Morgan fingerprint density at radius 3 is 2.57 bits per heavy atom. The molecule has 0 aromatic heterocycles. The Morgan fingerprint density at radius 1 is 1.13 bits per heavy atom. The molecule has 1 aromatic carbocycles. The molecule has 0 spiro atoms. The van der Waals surface area contributed by atoms with Crippen LogP contribution in [0.2, 0.25) is 0 Å². The lowest BCUT2D eigenvalue weighted by molar-refractivity contribution is -0.305. The smallest absolute Gasteiger partial charge is 0.220 e. The summed E-state index contributed by atoms with van der Waals surface area (Å²) in [6.45, 7) is 5.57. The highest BCUT2D eigenvalue weighted by atomic mass is 16.5. The van der Waals surface area contributed by atoms with Crippen molar-refractivity contribution in [3.05, 3.63) is 23.8 Å². The van der Waals surface area contributed by atoms with Crippen molar-refractivity contribution < 1.29 is 24.2 Å². The zero-order valence-corrected chi connectivity index (χ0v) is 13.7. The fourth-order valence-corrected chi connectivity index (χ4v) is 1.96. The number of ether oxygens (including phenoxy) is 2. The molecule has 23 heavy (non-hydrogen) atoms. The molecule has 0 aliphatic carbocycles. The molecule has 0 atom stereocenters.